The predicted molar refractivity (Wildman–Crippen MR) is 80.7 cm³/mol. The minimum atomic E-state index is -3.40. The van der Waals surface area contributed by atoms with Crippen molar-refractivity contribution in [1.29, 1.82) is 5.26 Å². The summed E-state index contributed by atoms with van der Waals surface area (Å²) in [6, 6.07) is 7.39. The van der Waals surface area contributed by atoms with Gasteiger partial charge in [-0.1, -0.05) is 24.6 Å². The molecule has 0 saturated carbocycles. The van der Waals surface area contributed by atoms with Crippen LogP contribution in [0.15, 0.2) is 18.2 Å². The first kappa shape index (κ1) is 15.7. The molecule has 21 heavy (non-hydrogen) atoms. The number of hydrogen-bond donors (Lipinski definition) is 0. The standard InChI is InChI=1S/C16H19NO3S/c1-11-6-7-13(9-12(11)2)14(10-17)16(18)15-5-3-4-8-21(15,19)20/h6-7,9,14-15H,3-5,8H2,1-2H3. The van der Waals surface area contributed by atoms with Gasteiger partial charge in [0.05, 0.1) is 11.8 Å². The number of hydrogen-bond acceptors (Lipinski definition) is 4. The van der Waals surface area contributed by atoms with E-state index < -0.39 is 26.8 Å². The van der Waals surface area contributed by atoms with Gasteiger partial charge < -0.3 is 0 Å². The molecule has 1 aromatic rings. The number of Topliss-reactive ketones (excluding diaryl/α,β-unsaturated/α-hetero) is 1. The van der Waals surface area contributed by atoms with Gasteiger partial charge >= 0.3 is 0 Å². The van der Waals surface area contributed by atoms with Crippen LogP contribution in [0.1, 0.15) is 41.9 Å². The van der Waals surface area contributed by atoms with Crippen LogP contribution in [-0.2, 0) is 14.6 Å². The molecule has 1 heterocycles. The largest absolute Gasteiger partial charge is 0.296 e. The first-order chi connectivity index (χ1) is 9.86. The second-order valence-electron chi connectivity index (χ2n) is 5.66. The highest BCUT2D eigenvalue weighted by molar-refractivity contribution is 7.92. The molecule has 1 fully saturated rings. The van der Waals surface area contributed by atoms with Crippen LogP contribution in [0, 0.1) is 25.2 Å². The van der Waals surface area contributed by atoms with Gasteiger partial charge in [-0.3, -0.25) is 4.79 Å². The number of sulfone groups is 1. The Morgan fingerprint density at radius 3 is 2.57 bits per heavy atom. The van der Waals surface area contributed by atoms with E-state index in [2.05, 4.69) is 0 Å². The summed E-state index contributed by atoms with van der Waals surface area (Å²) in [5.74, 6) is -1.42. The van der Waals surface area contributed by atoms with Crippen molar-refractivity contribution >= 4 is 15.6 Å². The fourth-order valence-electron chi connectivity index (χ4n) is 2.71. The van der Waals surface area contributed by atoms with Crippen LogP contribution in [0.2, 0.25) is 0 Å². The molecule has 2 atom stereocenters. The number of rotatable bonds is 3. The first-order valence-electron chi connectivity index (χ1n) is 7.09. The molecule has 1 aliphatic rings. The second kappa shape index (κ2) is 5.98. The lowest BCUT2D eigenvalue weighted by Gasteiger charge is -2.23. The molecule has 1 aliphatic heterocycles. The van der Waals surface area contributed by atoms with Crippen molar-refractivity contribution in [2.24, 2.45) is 0 Å². The number of aryl methyl sites for hydroxylation is 2. The topological polar surface area (TPSA) is 75.0 Å². The van der Waals surface area contributed by atoms with Crippen LogP contribution in [0.25, 0.3) is 0 Å². The second-order valence-corrected chi connectivity index (χ2v) is 7.96. The first-order valence-corrected chi connectivity index (χ1v) is 8.80. The maximum absolute atomic E-state index is 12.5. The summed E-state index contributed by atoms with van der Waals surface area (Å²) in [6.07, 6.45) is 1.66. The highest BCUT2D eigenvalue weighted by Gasteiger charge is 2.38. The maximum atomic E-state index is 12.5. The summed E-state index contributed by atoms with van der Waals surface area (Å²) < 4.78 is 24.1. The molecule has 4 nitrogen and oxygen atoms in total. The van der Waals surface area contributed by atoms with Gasteiger partial charge in [0.1, 0.15) is 11.2 Å². The van der Waals surface area contributed by atoms with Crippen LogP contribution in [0.4, 0.5) is 0 Å². The average Bonchev–Trinajstić information content (AvgIpc) is 2.43. The van der Waals surface area contributed by atoms with E-state index in [0.717, 1.165) is 17.5 Å². The van der Waals surface area contributed by atoms with Crippen LogP contribution < -0.4 is 0 Å². The lowest BCUT2D eigenvalue weighted by atomic mass is 9.90. The lowest BCUT2D eigenvalue weighted by Crippen LogP contribution is -2.38. The van der Waals surface area contributed by atoms with E-state index in [4.69, 9.17) is 0 Å². The zero-order chi connectivity index (χ0) is 15.6. The molecular formula is C16H19NO3S. The third-order valence-electron chi connectivity index (χ3n) is 4.17. The van der Waals surface area contributed by atoms with Gasteiger partial charge in [0.25, 0.3) is 0 Å². The Kier molecular flexibility index (Phi) is 4.48. The zero-order valence-corrected chi connectivity index (χ0v) is 13.1. The minimum Gasteiger partial charge on any atom is -0.296 e. The Bertz CT molecular complexity index is 701. The van der Waals surface area contributed by atoms with E-state index >= 15 is 0 Å². The maximum Gasteiger partial charge on any atom is 0.172 e. The van der Waals surface area contributed by atoms with Crippen LogP contribution in [0.5, 0.6) is 0 Å². The van der Waals surface area contributed by atoms with Gasteiger partial charge in [-0.2, -0.15) is 5.26 Å². The van der Waals surface area contributed by atoms with Gasteiger partial charge in [-0.05, 0) is 43.4 Å². The predicted octanol–water partition coefficient (Wildman–Crippen LogP) is 2.45. The van der Waals surface area contributed by atoms with Gasteiger partial charge in [0, 0.05) is 0 Å². The Morgan fingerprint density at radius 1 is 1.29 bits per heavy atom. The molecule has 2 rings (SSSR count). The number of carbonyl (C=O) groups excluding carboxylic acids is 1. The van der Waals surface area contributed by atoms with E-state index in [1.807, 2.05) is 26.0 Å². The van der Waals surface area contributed by atoms with Gasteiger partial charge in [-0.15, -0.1) is 0 Å². The molecule has 0 aromatic heterocycles. The number of ketones is 1. The van der Waals surface area contributed by atoms with Crippen LogP contribution >= 0.6 is 0 Å². The Labute approximate surface area is 125 Å². The van der Waals surface area contributed by atoms with Crippen molar-refractivity contribution < 1.29 is 13.2 Å². The summed E-state index contributed by atoms with van der Waals surface area (Å²) in [6.45, 7) is 3.86. The molecule has 1 aromatic carbocycles. The average molecular weight is 305 g/mol. The highest BCUT2D eigenvalue weighted by Crippen LogP contribution is 2.28. The number of benzene rings is 1. The van der Waals surface area contributed by atoms with Crippen LogP contribution in [0.3, 0.4) is 0 Å². The quantitative estimate of drug-likeness (QED) is 0.859. The van der Waals surface area contributed by atoms with Crippen molar-refractivity contribution in [2.75, 3.05) is 5.75 Å². The molecule has 0 aliphatic carbocycles. The van der Waals surface area contributed by atoms with E-state index in [0.29, 0.717) is 18.4 Å². The van der Waals surface area contributed by atoms with Crippen molar-refractivity contribution in [3.63, 3.8) is 0 Å². The summed E-state index contributed by atoms with van der Waals surface area (Å²) in [5, 5.41) is 8.33. The van der Waals surface area contributed by atoms with Crippen molar-refractivity contribution in [3.8, 4) is 6.07 Å². The minimum absolute atomic E-state index is 0.0501. The third-order valence-corrected chi connectivity index (χ3v) is 6.37. The molecule has 0 spiro atoms. The number of carbonyl (C=O) groups is 1. The van der Waals surface area contributed by atoms with E-state index in [1.54, 1.807) is 12.1 Å². The summed E-state index contributed by atoms with van der Waals surface area (Å²) in [4.78, 5) is 12.5. The fourth-order valence-corrected chi connectivity index (χ4v) is 4.61. The Hall–Kier alpha value is -1.67. The fraction of sp³-hybridized carbons (Fsp3) is 0.500. The molecule has 0 N–H and O–H groups in total. The molecule has 0 bridgehead atoms. The Balaban J connectivity index is 2.35. The number of nitrogens with zero attached hydrogens (tertiary/aromatic N) is 1. The van der Waals surface area contributed by atoms with Crippen LogP contribution in [-0.4, -0.2) is 25.2 Å². The smallest absolute Gasteiger partial charge is 0.172 e. The highest BCUT2D eigenvalue weighted by atomic mass is 32.2. The third kappa shape index (κ3) is 3.16. The van der Waals surface area contributed by atoms with Gasteiger partial charge in [0.15, 0.2) is 15.6 Å². The molecule has 112 valence electrons. The van der Waals surface area contributed by atoms with E-state index in [-0.39, 0.29) is 5.75 Å². The van der Waals surface area contributed by atoms with Crippen molar-refractivity contribution in [3.05, 3.63) is 34.9 Å². The number of nitriles is 1. The van der Waals surface area contributed by atoms with Gasteiger partial charge in [0.2, 0.25) is 0 Å². The van der Waals surface area contributed by atoms with E-state index in [9.17, 15) is 18.5 Å². The summed E-state index contributed by atoms with van der Waals surface area (Å²) in [5.41, 5.74) is 2.66. The van der Waals surface area contributed by atoms with Crippen molar-refractivity contribution in [1.82, 2.24) is 0 Å². The molecule has 1 saturated heterocycles. The Morgan fingerprint density at radius 2 is 2.00 bits per heavy atom. The normalized spacial score (nSPS) is 22.2. The molecule has 5 heteroatoms. The molecule has 2 unspecified atom stereocenters. The summed E-state index contributed by atoms with van der Waals surface area (Å²) in [7, 11) is -3.40. The van der Waals surface area contributed by atoms with Crippen molar-refractivity contribution in [2.45, 2.75) is 44.3 Å². The summed E-state index contributed by atoms with van der Waals surface area (Å²) >= 11 is 0. The lowest BCUT2D eigenvalue weighted by molar-refractivity contribution is -0.119. The van der Waals surface area contributed by atoms with E-state index in [1.165, 1.54) is 0 Å². The monoisotopic (exact) mass is 305 g/mol. The SMILES string of the molecule is Cc1ccc(C(C#N)C(=O)C2CCCCS2(=O)=O)cc1C. The van der Waals surface area contributed by atoms with Gasteiger partial charge in [-0.25, -0.2) is 8.42 Å². The molecule has 0 amide bonds. The molecular weight excluding hydrogens is 286 g/mol. The molecule has 0 radical (unpaired) electrons. The zero-order valence-electron chi connectivity index (χ0n) is 12.3.